The number of ether oxygens (including phenoxy) is 1. The molecule has 0 spiro atoms. The second-order valence-electron chi connectivity index (χ2n) is 4.86. The summed E-state index contributed by atoms with van der Waals surface area (Å²) < 4.78 is 5.08. The Morgan fingerprint density at radius 2 is 2.17 bits per heavy atom. The molecule has 2 N–H and O–H groups in total. The Kier molecular flexibility index (Phi) is 4.22. The number of phenolic OH excluding ortho intramolecular Hbond substituents is 1. The van der Waals surface area contributed by atoms with Gasteiger partial charge in [0.15, 0.2) is 0 Å². The number of nitrogens with one attached hydrogen (secondary N) is 1. The number of anilines is 1. The zero-order valence-corrected chi connectivity index (χ0v) is 10.8. The zero-order chi connectivity index (χ0) is 13.8. The van der Waals surface area contributed by atoms with E-state index < -0.39 is 11.7 Å². The minimum Gasteiger partial charge on any atom is -0.506 e. The topological polar surface area (TPSA) is 58.6 Å². The van der Waals surface area contributed by atoms with E-state index in [1.165, 1.54) is 6.07 Å². The number of hydrogen-bond donors (Lipinski definition) is 2. The number of amides is 1. The summed E-state index contributed by atoms with van der Waals surface area (Å²) in [7, 11) is 0. The van der Waals surface area contributed by atoms with Crippen LogP contribution in [-0.4, -0.2) is 16.8 Å². The number of aromatic hydroxyl groups is 1. The van der Waals surface area contributed by atoms with Crippen molar-refractivity contribution in [1.82, 2.24) is 0 Å². The molecule has 0 saturated heterocycles. The van der Waals surface area contributed by atoms with Gasteiger partial charge in [-0.25, -0.2) is 4.79 Å². The van der Waals surface area contributed by atoms with Crippen LogP contribution >= 0.6 is 0 Å². The molecule has 0 aromatic heterocycles. The van der Waals surface area contributed by atoms with Crippen LogP contribution in [0.5, 0.6) is 5.75 Å². The summed E-state index contributed by atoms with van der Waals surface area (Å²) in [5, 5.41) is 12.2. The van der Waals surface area contributed by atoms with E-state index in [1.807, 2.05) is 0 Å². The van der Waals surface area contributed by atoms with Gasteiger partial charge in [-0.2, -0.15) is 0 Å². The van der Waals surface area contributed by atoms with Gasteiger partial charge in [0.25, 0.3) is 0 Å². The quantitative estimate of drug-likeness (QED) is 0.624. The van der Waals surface area contributed by atoms with Crippen LogP contribution in [0.1, 0.15) is 26.3 Å². The molecule has 18 heavy (non-hydrogen) atoms. The predicted molar refractivity (Wildman–Crippen MR) is 70.5 cm³/mol. The van der Waals surface area contributed by atoms with Gasteiger partial charge < -0.3 is 9.84 Å². The Morgan fingerprint density at radius 1 is 1.50 bits per heavy atom. The Labute approximate surface area is 107 Å². The van der Waals surface area contributed by atoms with Crippen molar-refractivity contribution < 1.29 is 14.6 Å². The van der Waals surface area contributed by atoms with Crippen molar-refractivity contribution in [3.05, 3.63) is 23.8 Å². The van der Waals surface area contributed by atoms with Crippen molar-refractivity contribution in [3.8, 4) is 18.1 Å². The van der Waals surface area contributed by atoms with E-state index in [4.69, 9.17) is 11.2 Å². The third-order valence-corrected chi connectivity index (χ3v) is 2.00. The Hall–Kier alpha value is -2.15. The number of carbonyl (C=O) groups excluding carboxylic acids is 1. The van der Waals surface area contributed by atoms with Crippen LogP contribution in [0, 0.1) is 12.3 Å². The normalized spacial score (nSPS) is 10.6. The highest BCUT2D eigenvalue weighted by atomic mass is 16.6. The molecule has 96 valence electrons. The number of rotatable bonds is 2. The SMILES string of the molecule is C#CCc1ccc(NC(=O)OC(C)(C)C)c(O)c1. The van der Waals surface area contributed by atoms with Crippen LogP contribution in [0.3, 0.4) is 0 Å². The molecular formula is C14H17NO3. The smallest absolute Gasteiger partial charge is 0.412 e. The lowest BCUT2D eigenvalue weighted by Gasteiger charge is -2.20. The van der Waals surface area contributed by atoms with Gasteiger partial charge in [0.2, 0.25) is 0 Å². The fourth-order valence-electron chi connectivity index (χ4n) is 1.32. The highest BCUT2D eigenvalue weighted by Gasteiger charge is 2.17. The van der Waals surface area contributed by atoms with Crippen molar-refractivity contribution >= 4 is 11.8 Å². The largest absolute Gasteiger partial charge is 0.506 e. The van der Waals surface area contributed by atoms with Crippen molar-refractivity contribution in [2.75, 3.05) is 5.32 Å². The molecule has 0 aliphatic carbocycles. The number of hydrogen-bond acceptors (Lipinski definition) is 3. The fraction of sp³-hybridized carbons (Fsp3) is 0.357. The van der Waals surface area contributed by atoms with E-state index in [0.29, 0.717) is 12.1 Å². The maximum absolute atomic E-state index is 11.5. The van der Waals surface area contributed by atoms with E-state index in [2.05, 4.69) is 11.2 Å². The van der Waals surface area contributed by atoms with Gasteiger partial charge in [0.1, 0.15) is 11.4 Å². The molecule has 1 aromatic rings. The van der Waals surface area contributed by atoms with Gasteiger partial charge in [0.05, 0.1) is 5.69 Å². The lowest BCUT2D eigenvalue weighted by Crippen LogP contribution is -2.27. The maximum Gasteiger partial charge on any atom is 0.412 e. The molecule has 0 heterocycles. The van der Waals surface area contributed by atoms with Crippen molar-refractivity contribution in [2.45, 2.75) is 32.8 Å². The summed E-state index contributed by atoms with van der Waals surface area (Å²) in [5.74, 6) is 2.45. The van der Waals surface area contributed by atoms with Gasteiger partial charge in [-0.3, -0.25) is 5.32 Å². The van der Waals surface area contributed by atoms with Crippen LogP contribution in [0.2, 0.25) is 0 Å². The molecule has 0 atom stereocenters. The molecule has 1 amide bonds. The molecule has 0 fully saturated rings. The molecule has 0 bridgehead atoms. The third-order valence-electron chi connectivity index (χ3n) is 2.00. The molecule has 4 heteroatoms. The maximum atomic E-state index is 11.5. The summed E-state index contributed by atoms with van der Waals surface area (Å²) in [6.45, 7) is 5.30. The van der Waals surface area contributed by atoms with Gasteiger partial charge in [0, 0.05) is 6.42 Å². The van der Waals surface area contributed by atoms with Gasteiger partial charge >= 0.3 is 6.09 Å². The highest BCUT2D eigenvalue weighted by Crippen LogP contribution is 2.25. The molecule has 1 rings (SSSR count). The van der Waals surface area contributed by atoms with Crippen LogP contribution < -0.4 is 5.32 Å². The summed E-state index contributed by atoms with van der Waals surface area (Å²) in [5.41, 5.74) is 0.526. The average Bonchev–Trinajstić information content (AvgIpc) is 2.20. The van der Waals surface area contributed by atoms with Crippen molar-refractivity contribution in [2.24, 2.45) is 0 Å². The summed E-state index contributed by atoms with van der Waals surface area (Å²) >= 11 is 0. The predicted octanol–water partition coefficient (Wildman–Crippen LogP) is 2.91. The average molecular weight is 247 g/mol. The number of terminal acetylenes is 1. The van der Waals surface area contributed by atoms with Gasteiger partial charge in [-0.15, -0.1) is 12.3 Å². The standard InChI is InChI=1S/C14H17NO3/c1-5-6-10-7-8-11(12(16)9-10)15-13(17)18-14(2,3)4/h1,7-9,16H,6H2,2-4H3,(H,15,17). The molecule has 0 saturated carbocycles. The van der Waals surface area contributed by atoms with Crippen LogP contribution in [-0.2, 0) is 11.2 Å². The molecule has 0 aliphatic heterocycles. The zero-order valence-electron chi connectivity index (χ0n) is 10.8. The van der Waals surface area contributed by atoms with E-state index in [0.717, 1.165) is 5.56 Å². The third kappa shape index (κ3) is 4.38. The minimum atomic E-state index is -0.609. The highest BCUT2D eigenvalue weighted by molar-refractivity contribution is 5.86. The Bertz CT molecular complexity index is 481. The molecule has 0 radical (unpaired) electrons. The summed E-state index contributed by atoms with van der Waals surface area (Å²) in [6.07, 6.45) is 5.00. The number of benzene rings is 1. The molecule has 0 aliphatic rings. The van der Waals surface area contributed by atoms with Crippen LogP contribution in [0.4, 0.5) is 10.5 Å². The first-order chi connectivity index (χ1) is 8.31. The summed E-state index contributed by atoms with van der Waals surface area (Å²) in [4.78, 5) is 11.5. The first-order valence-corrected chi connectivity index (χ1v) is 5.57. The van der Waals surface area contributed by atoms with E-state index in [1.54, 1.807) is 32.9 Å². The van der Waals surface area contributed by atoms with E-state index in [9.17, 15) is 9.90 Å². The Balaban J connectivity index is 2.74. The molecular weight excluding hydrogens is 230 g/mol. The van der Waals surface area contributed by atoms with Crippen molar-refractivity contribution in [1.29, 1.82) is 0 Å². The van der Waals surface area contributed by atoms with E-state index >= 15 is 0 Å². The molecule has 4 nitrogen and oxygen atoms in total. The second-order valence-corrected chi connectivity index (χ2v) is 4.86. The number of carbonyl (C=O) groups is 1. The van der Waals surface area contributed by atoms with Crippen LogP contribution in [0.15, 0.2) is 18.2 Å². The Morgan fingerprint density at radius 3 is 2.67 bits per heavy atom. The van der Waals surface area contributed by atoms with Crippen LogP contribution in [0.25, 0.3) is 0 Å². The van der Waals surface area contributed by atoms with Gasteiger partial charge in [-0.05, 0) is 38.5 Å². The van der Waals surface area contributed by atoms with Gasteiger partial charge in [-0.1, -0.05) is 6.07 Å². The first kappa shape index (κ1) is 13.9. The van der Waals surface area contributed by atoms with E-state index in [-0.39, 0.29) is 5.75 Å². The molecule has 0 unspecified atom stereocenters. The first-order valence-electron chi connectivity index (χ1n) is 5.57. The molecule has 1 aromatic carbocycles. The van der Waals surface area contributed by atoms with Crippen molar-refractivity contribution in [3.63, 3.8) is 0 Å². The fourth-order valence-corrected chi connectivity index (χ4v) is 1.32. The lowest BCUT2D eigenvalue weighted by molar-refractivity contribution is 0.0635. The minimum absolute atomic E-state index is 0.0337. The number of phenols is 1. The lowest BCUT2D eigenvalue weighted by atomic mass is 10.1. The second kappa shape index (κ2) is 5.46. The monoisotopic (exact) mass is 247 g/mol. The summed E-state index contributed by atoms with van der Waals surface area (Å²) in [6, 6.07) is 4.85.